The summed E-state index contributed by atoms with van der Waals surface area (Å²) in [4.78, 5) is 25.3. The third-order valence-electron chi connectivity index (χ3n) is 3.38. The molecule has 118 valence electrons. The summed E-state index contributed by atoms with van der Waals surface area (Å²) in [7, 11) is 0. The lowest BCUT2D eigenvalue weighted by Gasteiger charge is -2.07. The normalized spacial score (nSPS) is 10.6. The second-order valence-electron chi connectivity index (χ2n) is 5.08. The molecule has 0 radical (unpaired) electrons. The fraction of sp³-hybridized carbons (Fsp3) is 0.176. The minimum absolute atomic E-state index is 0.243. The molecule has 2 N–H and O–H groups in total. The SMILES string of the molecule is O=C(NCCc1ccc2[nH]c(=O)oc2c1)OCc1ccccc1. The average molecular weight is 312 g/mol. The highest BCUT2D eigenvalue weighted by atomic mass is 16.5. The number of hydrogen-bond acceptors (Lipinski definition) is 4. The largest absolute Gasteiger partial charge is 0.445 e. The van der Waals surface area contributed by atoms with Crippen LogP contribution in [0.1, 0.15) is 11.1 Å². The molecule has 2 aromatic carbocycles. The Morgan fingerprint density at radius 1 is 1.13 bits per heavy atom. The Morgan fingerprint density at radius 2 is 1.96 bits per heavy atom. The van der Waals surface area contributed by atoms with E-state index < -0.39 is 11.8 Å². The quantitative estimate of drug-likeness (QED) is 0.758. The van der Waals surface area contributed by atoms with Crippen LogP contribution in [0.5, 0.6) is 0 Å². The first-order chi connectivity index (χ1) is 11.2. The molecule has 0 aliphatic rings. The lowest BCUT2D eigenvalue weighted by Crippen LogP contribution is -2.26. The number of amides is 1. The molecule has 0 spiro atoms. The second-order valence-corrected chi connectivity index (χ2v) is 5.08. The molecule has 3 aromatic rings. The van der Waals surface area contributed by atoms with Gasteiger partial charge in [-0.1, -0.05) is 36.4 Å². The van der Waals surface area contributed by atoms with Gasteiger partial charge in [-0.05, 0) is 29.7 Å². The number of fused-ring (bicyclic) bond motifs is 1. The van der Waals surface area contributed by atoms with Gasteiger partial charge in [0.05, 0.1) is 5.52 Å². The zero-order valence-corrected chi connectivity index (χ0v) is 12.4. The molecular weight excluding hydrogens is 296 g/mol. The Balaban J connectivity index is 1.46. The summed E-state index contributed by atoms with van der Waals surface area (Å²) in [6.45, 7) is 0.681. The smallest absolute Gasteiger partial charge is 0.417 e. The van der Waals surface area contributed by atoms with E-state index in [0.29, 0.717) is 24.1 Å². The third kappa shape index (κ3) is 4.00. The van der Waals surface area contributed by atoms with Gasteiger partial charge in [0.15, 0.2) is 5.58 Å². The fourth-order valence-corrected chi connectivity index (χ4v) is 2.23. The molecule has 0 saturated carbocycles. The van der Waals surface area contributed by atoms with Crippen LogP contribution in [0.2, 0.25) is 0 Å². The van der Waals surface area contributed by atoms with Crippen molar-refractivity contribution in [1.82, 2.24) is 10.3 Å². The predicted molar refractivity (Wildman–Crippen MR) is 85.2 cm³/mol. The number of rotatable bonds is 5. The van der Waals surface area contributed by atoms with E-state index in [2.05, 4.69) is 10.3 Å². The Kier molecular flexibility index (Phi) is 4.42. The molecule has 6 heteroatoms. The van der Waals surface area contributed by atoms with E-state index in [1.54, 1.807) is 12.1 Å². The van der Waals surface area contributed by atoms with Crippen molar-refractivity contribution in [2.45, 2.75) is 13.0 Å². The summed E-state index contributed by atoms with van der Waals surface area (Å²) in [6, 6.07) is 14.9. The van der Waals surface area contributed by atoms with Crippen LogP contribution >= 0.6 is 0 Å². The molecule has 23 heavy (non-hydrogen) atoms. The Morgan fingerprint density at radius 3 is 2.78 bits per heavy atom. The molecule has 3 rings (SSSR count). The van der Waals surface area contributed by atoms with Crippen molar-refractivity contribution >= 4 is 17.2 Å². The molecule has 0 unspecified atom stereocenters. The topological polar surface area (TPSA) is 84.3 Å². The van der Waals surface area contributed by atoms with Gasteiger partial charge in [0.1, 0.15) is 6.61 Å². The number of hydrogen-bond donors (Lipinski definition) is 2. The average Bonchev–Trinajstić information content (AvgIpc) is 2.93. The van der Waals surface area contributed by atoms with E-state index in [1.807, 2.05) is 36.4 Å². The van der Waals surface area contributed by atoms with Crippen molar-refractivity contribution in [2.24, 2.45) is 0 Å². The van der Waals surface area contributed by atoms with Crippen LogP contribution in [0.25, 0.3) is 11.1 Å². The van der Waals surface area contributed by atoms with Crippen LogP contribution in [0.4, 0.5) is 4.79 Å². The van der Waals surface area contributed by atoms with Gasteiger partial charge in [-0.25, -0.2) is 9.59 Å². The zero-order valence-electron chi connectivity index (χ0n) is 12.4. The lowest BCUT2D eigenvalue weighted by molar-refractivity contribution is 0.140. The van der Waals surface area contributed by atoms with Crippen molar-refractivity contribution in [3.8, 4) is 0 Å². The number of aromatic nitrogens is 1. The van der Waals surface area contributed by atoms with Gasteiger partial charge in [-0.3, -0.25) is 4.98 Å². The number of carbonyl (C=O) groups is 1. The first-order valence-corrected chi connectivity index (χ1v) is 7.27. The molecule has 1 heterocycles. The van der Waals surface area contributed by atoms with E-state index in [1.165, 1.54) is 0 Å². The highest BCUT2D eigenvalue weighted by Crippen LogP contribution is 2.12. The Bertz CT molecular complexity index is 852. The van der Waals surface area contributed by atoms with Crippen LogP contribution in [0, 0.1) is 0 Å². The van der Waals surface area contributed by atoms with Gasteiger partial charge in [0.25, 0.3) is 0 Å². The van der Waals surface area contributed by atoms with Gasteiger partial charge in [0, 0.05) is 6.54 Å². The molecule has 0 fully saturated rings. The first-order valence-electron chi connectivity index (χ1n) is 7.27. The standard InChI is InChI=1S/C17H16N2O4/c20-16(22-11-13-4-2-1-3-5-13)18-9-8-12-6-7-14-15(10-12)23-17(21)19-14/h1-7,10H,8-9,11H2,(H,18,20)(H,19,21). The van der Waals surface area contributed by atoms with Crippen molar-refractivity contribution < 1.29 is 13.9 Å². The fourth-order valence-electron chi connectivity index (χ4n) is 2.23. The molecule has 1 aromatic heterocycles. The number of aromatic amines is 1. The van der Waals surface area contributed by atoms with E-state index in [9.17, 15) is 9.59 Å². The lowest BCUT2D eigenvalue weighted by atomic mass is 10.1. The number of carbonyl (C=O) groups excluding carboxylic acids is 1. The maximum absolute atomic E-state index is 11.6. The summed E-state index contributed by atoms with van der Waals surface area (Å²) in [5.41, 5.74) is 3.08. The van der Waals surface area contributed by atoms with E-state index >= 15 is 0 Å². The molecular formula is C17H16N2O4. The minimum atomic E-state index is -0.472. The number of nitrogens with one attached hydrogen (secondary N) is 2. The highest BCUT2D eigenvalue weighted by Gasteiger charge is 2.04. The van der Waals surface area contributed by atoms with Gasteiger partial charge in [0.2, 0.25) is 0 Å². The minimum Gasteiger partial charge on any atom is -0.445 e. The molecule has 0 saturated heterocycles. The Labute approximate surface area is 132 Å². The summed E-state index contributed by atoms with van der Waals surface area (Å²) < 4.78 is 10.1. The van der Waals surface area contributed by atoms with E-state index in [-0.39, 0.29) is 6.61 Å². The summed E-state index contributed by atoms with van der Waals surface area (Å²) in [6.07, 6.45) is 0.161. The predicted octanol–water partition coefficient (Wildman–Crippen LogP) is 2.59. The van der Waals surface area contributed by atoms with Gasteiger partial charge >= 0.3 is 11.8 Å². The molecule has 0 aliphatic heterocycles. The van der Waals surface area contributed by atoms with Crippen LogP contribution in [0.3, 0.4) is 0 Å². The van der Waals surface area contributed by atoms with E-state index in [0.717, 1.165) is 11.1 Å². The van der Waals surface area contributed by atoms with Gasteiger partial charge in [-0.15, -0.1) is 0 Å². The number of alkyl carbamates (subject to hydrolysis) is 1. The molecule has 1 amide bonds. The number of oxazole rings is 1. The summed E-state index contributed by atoms with van der Waals surface area (Å²) in [5.74, 6) is -0.472. The van der Waals surface area contributed by atoms with Crippen molar-refractivity contribution in [1.29, 1.82) is 0 Å². The number of benzene rings is 2. The van der Waals surface area contributed by atoms with Crippen molar-refractivity contribution in [3.63, 3.8) is 0 Å². The van der Waals surface area contributed by atoms with Gasteiger partial charge < -0.3 is 14.5 Å². The van der Waals surface area contributed by atoms with Crippen LogP contribution in [-0.2, 0) is 17.8 Å². The number of ether oxygens (including phenoxy) is 1. The van der Waals surface area contributed by atoms with Crippen LogP contribution < -0.4 is 11.1 Å². The molecule has 0 atom stereocenters. The van der Waals surface area contributed by atoms with Crippen LogP contribution in [-0.4, -0.2) is 17.6 Å². The molecule has 6 nitrogen and oxygen atoms in total. The van der Waals surface area contributed by atoms with E-state index in [4.69, 9.17) is 9.15 Å². The number of H-pyrrole nitrogens is 1. The monoisotopic (exact) mass is 312 g/mol. The van der Waals surface area contributed by atoms with Gasteiger partial charge in [-0.2, -0.15) is 0 Å². The maximum Gasteiger partial charge on any atom is 0.417 e. The van der Waals surface area contributed by atoms with Crippen molar-refractivity contribution in [3.05, 3.63) is 70.2 Å². The van der Waals surface area contributed by atoms with Crippen LogP contribution in [0.15, 0.2) is 57.7 Å². The highest BCUT2D eigenvalue weighted by molar-refractivity contribution is 5.72. The molecule has 0 bridgehead atoms. The second kappa shape index (κ2) is 6.83. The Hall–Kier alpha value is -3.02. The molecule has 0 aliphatic carbocycles. The first kappa shape index (κ1) is 14.9. The summed E-state index contributed by atoms with van der Waals surface area (Å²) >= 11 is 0. The summed E-state index contributed by atoms with van der Waals surface area (Å²) in [5, 5.41) is 2.69. The third-order valence-corrected chi connectivity index (χ3v) is 3.38. The zero-order chi connectivity index (χ0) is 16.1. The maximum atomic E-state index is 11.6. The van der Waals surface area contributed by atoms with Crippen molar-refractivity contribution in [2.75, 3.05) is 6.54 Å².